The Labute approximate surface area is 76.1 Å². The molecule has 1 aromatic carbocycles. The molecule has 0 atom stereocenters. The fraction of sp³-hybridized carbons (Fsp3) is 0.333. The SMILES string of the molecule is FCCCOc1ccc(Cl)cc1. The molecule has 0 radical (unpaired) electrons. The predicted molar refractivity (Wildman–Crippen MR) is 47.5 cm³/mol. The number of rotatable bonds is 4. The van der Waals surface area contributed by atoms with Crippen LogP contribution in [0, 0.1) is 0 Å². The van der Waals surface area contributed by atoms with E-state index in [-0.39, 0.29) is 6.67 Å². The van der Waals surface area contributed by atoms with E-state index in [2.05, 4.69) is 0 Å². The third kappa shape index (κ3) is 3.09. The van der Waals surface area contributed by atoms with Crippen LogP contribution in [0.25, 0.3) is 0 Å². The maximum atomic E-state index is 11.7. The van der Waals surface area contributed by atoms with E-state index in [1.807, 2.05) is 0 Å². The van der Waals surface area contributed by atoms with Crippen molar-refractivity contribution >= 4 is 11.6 Å². The number of halogens is 2. The van der Waals surface area contributed by atoms with Gasteiger partial charge < -0.3 is 4.74 Å². The fourth-order valence-electron chi connectivity index (χ4n) is 0.775. The van der Waals surface area contributed by atoms with Crippen molar-refractivity contribution in [3.63, 3.8) is 0 Å². The number of alkyl halides is 1. The lowest BCUT2D eigenvalue weighted by Gasteiger charge is -2.03. The van der Waals surface area contributed by atoms with E-state index in [0.717, 1.165) is 5.75 Å². The molecule has 66 valence electrons. The quantitative estimate of drug-likeness (QED) is 0.660. The average Bonchev–Trinajstić information content (AvgIpc) is 2.09. The Hall–Kier alpha value is -0.760. The Morgan fingerprint density at radius 3 is 2.50 bits per heavy atom. The van der Waals surface area contributed by atoms with Crippen LogP contribution in [0.1, 0.15) is 6.42 Å². The summed E-state index contributed by atoms with van der Waals surface area (Å²) in [7, 11) is 0. The summed E-state index contributed by atoms with van der Waals surface area (Å²) in [6, 6.07) is 7.01. The smallest absolute Gasteiger partial charge is 0.119 e. The molecule has 1 aromatic rings. The zero-order valence-electron chi connectivity index (χ0n) is 6.59. The Bertz CT molecular complexity index is 222. The van der Waals surface area contributed by atoms with Crippen molar-refractivity contribution in [1.29, 1.82) is 0 Å². The first-order chi connectivity index (χ1) is 5.83. The van der Waals surface area contributed by atoms with Gasteiger partial charge in [0.05, 0.1) is 13.3 Å². The van der Waals surface area contributed by atoms with E-state index in [9.17, 15) is 4.39 Å². The molecule has 0 saturated carbocycles. The molecule has 1 nitrogen and oxygen atoms in total. The maximum Gasteiger partial charge on any atom is 0.119 e. The summed E-state index contributed by atoms with van der Waals surface area (Å²) in [6.07, 6.45) is 0.433. The van der Waals surface area contributed by atoms with Crippen LogP contribution in [0.4, 0.5) is 4.39 Å². The highest BCUT2D eigenvalue weighted by molar-refractivity contribution is 6.30. The van der Waals surface area contributed by atoms with Gasteiger partial charge in [-0.3, -0.25) is 4.39 Å². The molecule has 0 heterocycles. The molecule has 1 rings (SSSR count). The third-order valence-electron chi connectivity index (χ3n) is 1.36. The van der Waals surface area contributed by atoms with Crippen LogP contribution in [-0.4, -0.2) is 13.3 Å². The first-order valence-electron chi connectivity index (χ1n) is 3.77. The Morgan fingerprint density at radius 1 is 1.25 bits per heavy atom. The molecular weight excluding hydrogens is 179 g/mol. The highest BCUT2D eigenvalue weighted by atomic mass is 35.5. The van der Waals surface area contributed by atoms with Crippen molar-refractivity contribution < 1.29 is 9.13 Å². The summed E-state index contributed by atoms with van der Waals surface area (Å²) in [5, 5.41) is 0.674. The van der Waals surface area contributed by atoms with E-state index < -0.39 is 0 Å². The second kappa shape index (κ2) is 4.99. The van der Waals surface area contributed by atoms with Crippen molar-refractivity contribution in [1.82, 2.24) is 0 Å². The Morgan fingerprint density at radius 2 is 1.92 bits per heavy atom. The van der Waals surface area contributed by atoms with Gasteiger partial charge in [-0.1, -0.05) is 11.6 Å². The van der Waals surface area contributed by atoms with Crippen molar-refractivity contribution in [2.75, 3.05) is 13.3 Å². The Balaban J connectivity index is 2.37. The number of ether oxygens (including phenoxy) is 1. The molecule has 0 aliphatic rings. The molecule has 0 bridgehead atoms. The van der Waals surface area contributed by atoms with Gasteiger partial charge in [-0.15, -0.1) is 0 Å². The van der Waals surface area contributed by atoms with Gasteiger partial charge in [0, 0.05) is 11.4 Å². The van der Waals surface area contributed by atoms with E-state index in [4.69, 9.17) is 16.3 Å². The van der Waals surface area contributed by atoms with Crippen LogP contribution < -0.4 is 4.74 Å². The molecule has 0 fully saturated rings. The summed E-state index contributed by atoms with van der Waals surface area (Å²) in [4.78, 5) is 0. The summed E-state index contributed by atoms with van der Waals surface area (Å²) >= 11 is 5.66. The molecule has 3 heteroatoms. The highest BCUT2D eigenvalue weighted by Crippen LogP contribution is 2.15. The second-order valence-electron chi connectivity index (χ2n) is 2.34. The van der Waals surface area contributed by atoms with E-state index in [1.54, 1.807) is 24.3 Å². The molecule has 0 saturated heterocycles. The van der Waals surface area contributed by atoms with Crippen LogP contribution >= 0.6 is 11.6 Å². The topological polar surface area (TPSA) is 9.23 Å². The molecule has 0 aliphatic carbocycles. The van der Waals surface area contributed by atoms with E-state index in [1.165, 1.54) is 0 Å². The standard InChI is InChI=1S/C9H10ClFO/c10-8-2-4-9(5-3-8)12-7-1-6-11/h2-5H,1,6-7H2. The van der Waals surface area contributed by atoms with Gasteiger partial charge in [-0.05, 0) is 24.3 Å². The minimum Gasteiger partial charge on any atom is -0.493 e. The summed E-state index contributed by atoms with van der Waals surface area (Å²) in [6.45, 7) is 0.0751. The van der Waals surface area contributed by atoms with Gasteiger partial charge in [-0.25, -0.2) is 0 Å². The highest BCUT2D eigenvalue weighted by Gasteiger charge is 1.92. The molecule has 0 aliphatic heterocycles. The first kappa shape index (κ1) is 9.33. The lowest BCUT2D eigenvalue weighted by atomic mass is 10.3. The molecule has 0 spiro atoms. The minimum absolute atomic E-state index is 0.340. The average molecular weight is 189 g/mol. The zero-order chi connectivity index (χ0) is 8.81. The monoisotopic (exact) mass is 188 g/mol. The lowest BCUT2D eigenvalue weighted by Crippen LogP contribution is -1.97. The van der Waals surface area contributed by atoms with Gasteiger partial charge in [0.1, 0.15) is 5.75 Å². The zero-order valence-corrected chi connectivity index (χ0v) is 7.35. The van der Waals surface area contributed by atoms with Gasteiger partial charge in [0.2, 0.25) is 0 Å². The number of hydrogen-bond donors (Lipinski definition) is 0. The lowest BCUT2D eigenvalue weighted by molar-refractivity contribution is 0.289. The molecule has 0 amide bonds. The third-order valence-corrected chi connectivity index (χ3v) is 1.61. The van der Waals surface area contributed by atoms with Gasteiger partial charge >= 0.3 is 0 Å². The van der Waals surface area contributed by atoms with Crippen molar-refractivity contribution in [3.05, 3.63) is 29.3 Å². The molecule has 0 unspecified atom stereocenters. The minimum atomic E-state index is -0.340. The fourth-order valence-corrected chi connectivity index (χ4v) is 0.901. The Kier molecular flexibility index (Phi) is 3.88. The first-order valence-corrected chi connectivity index (χ1v) is 4.15. The largest absolute Gasteiger partial charge is 0.493 e. The van der Waals surface area contributed by atoms with Crippen LogP contribution in [0.3, 0.4) is 0 Å². The van der Waals surface area contributed by atoms with E-state index in [0.29, 0.717) is 18.1 Å². The normalized spacial score (nSPS) is 9.83. The molecular formula is C9H10ClFO. The second-order valence-corrected chi connectivity index (χ2v) is 2.78. The van der Waals surface area contributed by atoms with Gasteiger partial charge in [0.15, 0.2) is 0 Å². The van der Waals surface area contributed by atoms with E-state index >= 15 is 0 Å². The van der Waals surface area contributed by atoms with Crippen LogP contribution in [0.5, 0.6) is 5.75 Å². The van der Waals surface area contributed by atoms with Crippen LogP contribution in [0.15, 0.2) is 24.3 Å². The van der Waals surface area contributed by atoms with Crippen molar-refractivity contribution in [2.24, 2.45) is 0 Å². The number of hydrogen-bond acceptors (Lipinski definition) is 1. The summed E-state index contributed by atoms with van der Waals surface area (Å²) in [5.41, 5.74) is 0. The van der Waals surface area contributed by atoms with Crippen LogP contribution in [0.2, 0.25) is 5.02 Å². The van der Waals surface area contributed by atoms with Gasteiger partial charge in [-0.2, -0.15) is 0 Å². The summed E-state index contributed by atoms with van der Waals surface area (Å²) < 4.78 is 16.9. The predicted octanol–water partition coefficient (Wildman–Crippen LogP) is 3.08. The maximum absolute atomic E-state index is 11.7. The van der Waals surface area contributed by atoms with Gasteiger partial charge in [0.25, 0.3) is 0 Å². The number of benzene rings is 1. The molecule has 12 heavy (non-hydrogen) atoms. The summed E-state index contributed by atoms with van der Waals surface area (Å²) in [5.74, 6) is 0.729. The van der Waals surface area contributed by atoms with Crippen molar-refractivity contribution in [2.45, 2.75) is 6.42 Å². The van der Waals surface area contributed by atoms with Crippen molar-refractivity contribution in [3.8, 4) is 5.75 Å². The molecule has 0 aromatic heterocycles. The molecule has 0 N–H and O–H groups in total. The van der Waals surface area contributed by atoms with Crippen LogP contribution in [-0.2, 0) is 0 Å².